The van der Waals surface area contributed by atoms with Crippen molar-refractivity contribution in [3.05, 3.63) is 193 Å². The first-order valence-corrected chi connectivity index (χ1v) is 18.7. The largest absolute Gasteiger partial charge is 0.456 e. The molecule has 1 aliphatic rings. The molecule has 0 saturated carbocycles. The highest BCUT2D eigenvalue weighted by molar-refractivity contribution is 6.27. The molecule has 0 spiro atoms. The maximum absolute atomic E-state index is 6.78. The fourth-order valence-electron chi connectivity index (χ4n) is 9.04. The van der Waals surface area contributed by atoms with Crippen LogP contribution in [0.25, 0.3) is 71.7 Å². The third-order valence-electron chi connectivity index (χ3n) is 11.6. The minimum Gasteiger partial charge on any atom is -0.456 e. The minimum absolute atomic E-state index is 0.0607. The molecule has 8 aromatic carbocycles. The van der Waals surface area contributed by atoms with E-state index in [1.165, 1.54) is 55.2 Å². The van der Waals surface area contributed by atoms with E-state index in [2.05, 4.69) is 205 Å². The van der Waals surface area contributed by atoms with Gasteiger partial charge in [0.1, 0.15) is 11.2 Å². The summed E-state index contributed by atoms with van der Waals surface area (Å²) < 4.78 is 9.14. The molecule has 11 rings (SSSR count). The molecule has 0 atom stereocenters. The summed E-state index contributed by atoms with van der Waals surface area (Å²) in [4.78, 5) is 2.37. The van der Waals surface area contributed by atoms with E-state index in [1.807, 2.05) is 0 Å². The van der Waals surface area contributed by atoms with Crippen LogP contribution in [0.2, 0.25) is 0 Å². The van der Waals surface area contributed by atoms with Gasteiger partial charge in [-0.05, 0) is 100 Å². The Morgan fingerprint density at radius 1 is 0.444 bits per heavy atom. The molecular weight excluding hydrogens is 657 g/mol. The van der Waals surface area contributed by atoms with Crippen molar-refractivity contribution in [2.45, 2.75) is 19.3 Å². The van der Waals surface area contributed by atoms with Crippen molar-refractivity contribution in [3.63, 3.8) is 0 Å². The second-order valence-electron chi connectivity index (χ2n) is 15.0. The van der Waals surface area contributed by atoms with Gasteiger partial charge in [-0.15, -0.1) is 0 Å². The lowest BCUT2D eigenvalue weighted by atomic mass is 9.82. The van der Waals surface area contributed by atoms with E-state index in [4.69, 9.17) is 4.42 Å². The van der Waals surface area contributed by atoms with Crippen LogP contribution in [0.1, 0.15) is 25.0 Å². The summed E-state index contributed by atoms with van der Waals surface area (Å²) in [5, 5.41) is 4.69. The van der Waals surface area contributed by atoms with Gasteiger partial charge in [-0.3, -0.25) is 0 Å². The molecule has 1 aliphatic carbocycles. The van der Waals surface area contributed by atoms with Crippen molar-refractivity contribution in [1.29, 1.82) is 0 Å². The fraction of sp³-hybridized carbons (Fsp3) is 0.0588. The number of anilines is 3. The highest BCUT2D eigenvalue weighted by atomic mass is 16.3. The normalized spacial score (nSPS) is 13.1. The Morgan fingerprint density at radius 3 is 1.93 bits per heavy atom. The molecule has 0 bridgehead atoms. The van der Waals surface area contributed by atoms with Crippen LogP contribution in [0.15, 0.2) is 186 Å². The van der Waals surface area contributed by atoms with Gasteiger partial charge in [0, 0.05) is 55.8 Å². The second-order valence-corrected chi connectivity index (χ2v) is 15.0. The lowest BCUT2D eigenvalue weighted by Crippen LogP contribution is -2.15. The third-order valence-corrected chi connectivity index (χ3v) is 11.6. The van der Waals surface area contributed by atoms with Gasteiger partial charge >= 0.3 is 0 Å². The quantitative estimate of drug-likeness (QED) is 0.179. The molecule has 0 amide bonds. The molecule has 3 heteroatoms. The van der Waals surface area contributed by atoms with Crippen molar-refractivity contribution in [3.8, 4) is 27.9 Å². The van der Waals surface area contributed by atoms with Gasteiger partial charge < -0.3 is 13.9 Å². The Hall–Kier alpha value is -6.84. The highest BCUT2D eigenvalue weighted by Crippen LogP contribution is 2.51. The van der Waals surface area contributed by atoms with Crippen LogP contribution in [-0.2, 0) is 5.41 Å². The lowest BCUT2D eigenvalue weighted by Gasteiger charge is -2.27. The molecular formula is C51H36N2O. The number of aromatic nitrogens is 1. The zero-order valence-corrected chi connectivity index (χ0v) is 30.1. The number of nitrogens with zero attached hydrogens (tertiary/aromatic N) is 2. The molecule has 3 nitrogen and oxygen atoms in total. The number of benzene rings is 8. The SMILES string of the molecule is CC1(C)c2ccccc2-c2cc(N(c3ccc(-c4ccccc4)cc3)c3ccc4c(c3)oc3ccc5c(c6ccccc6n5-c5ccccc5)c34)ccc21. The number of hydrogen-bond acceptors (Lipinski definition) is 2. The van der Waals surface area contributed by atoms with Crippen molar-refractivity contribution < 1.29 is 4.42 Å². The Labute approximate surface area is 314 Å². The number of hydrogen-bond donors (Lipinski definition) is 0. The predicted octanol–water partition coefficient (Wildman–Crippen LogP) is 14.1. The van der Waals surface area contributed by atoms with Gasteiger partial charge in [0.15, 0.2) is 0 Å². The molecule has 10 aromatic rings. The van der Waals surface area contributed by atoms with Crippen LogP contribution in [0, 0.1) is 0 Å². The minimum atomic E-state index is -0.0607. The smallest absolute Gasteiger partial charge is 0.137 e. The Morgan fingerprint density at radius 2 is 1.09 bits per heavy atom. The van der Waals surface area contributed by atoms with E-state index in [-0.39, 0.29) is 5.41 Å². The second kappa shape index (κ2) is 11.6. The Bertz CT molecular complexity index is 3060. The molecule has 0 radical (unpaired) electrons. The lowest BCUT2D eigenvalue weighted by molar-refractivity contribution is 0.660. The summed E-state index contributed by atoms with van der Waals surface area (Å²) in [5.41, 5.74) is 16.2. The summed E-state index contributed by atoms with van der Waals surface area (Å²) in [5.74, 6) is 0. The third kappa shape index (κ3) is 4.48. The maximum atomic E-state index is 6.78. The van der Waals surface area contributed by atoms with E-state index in [0.717, 1.165) is 44.7 Å². The zero-order valence-electron chi connectivity index (χ0n) is 30.1. The van der Waals surface area contributed by atoms with Gasteiger partial charge in [0.2, 0.25) is 0 Å². The molecule has 256 valence electrons. The van der Waals surface area contributed by atoms with Crippen LogP contribution in [-0.4, -0.2) is 4.57 Å². The number of furan rings is 1. The highest BCUT2D eigenvalue weighted by Gasteiger charge is 2.35. The van der Waals surface area contributed by atoms with E-state index in [9.17, 15) is 0 Å². The van der Waals surface area contributed by atoms with Gasteiger partial charge in [0.25, 0.3) is 0 Å². The molecule has 0 unspecified atom stereocenters. The van der Waals surface area contributed by atoms with Crippen molar-refractivity contribution in [2.24, 2.45) is 0 Å². The van der Waals surface area contributed by atoms with Crippen molar-refractivity contribution in [2.75, 3.05) is 4.90 Å². The standard InChI is InChI=1S/C51H36N2O/c1-51(2)43-19-11-9-17-39(43)42-31-37(26-28-44(42)51)52(36-23-21-34(22-24-36)33-13-5-3-6-14-33)38-25-27-41-48(32-38)54-47-30-29-46-49(50(41)47)40-18-10-12-20-45(40)53(46)35-15-7-4-8-16-35/h3-32H,1-2H3. The predicted molar refractivity (Wildman–Crippen MR) is 226 cm³/mol. The van der Waals surface area contributed by atoms with Crippen molar-refractivity contribution >= 4 is 60.8 Å². The first-order chi connectivity index (χ1) is 26.5. The number of para-hydroxylation sites is 2. The summed E-state index contributed by atoms with van der Waals surface area (Å²) in [6.45, 7) is 4.67. The zero-order chi connectivity index (χ0) is 36.0. The average Bonchev–Trinajstić information content (AvgIpc) is 3.84. The molecule has 2 aromatic heterocycles. The van der Waals surface area contributed by atoms with Crippen LogP contribution >= 0.6 is 0 Å². The molecule has 0 saturated heterocycles. The van der Waals surface area contributed by atoms with Gasteiger partial charge in [-0.25, -0.2) is 0 Å². The van der Waals surface area contributed by atoms with E-state index >= 15 is 0 Å². The van der Waals surface area contributed by atoms with Crippen LogP contribution in [0.5, 0.6) is 0 Å². The summed E-state index contributed by atoms with van der Waals surface area (Å²) in [7, 11) is 0. The van der Waals surface area contributed by atoms with Crippen molar-refractivity contribution in [1.82, 2.24) is 4.57 Å². The number of rotatable bonds is 5. The molecule has 2 heterocycles. The van der Waals surface area contributed by atoms with Crippen LogP contribution < -0.4 is 4.90 Å². The van der Waals surface area contributed by atoms with Gasteiger partial charge in [-0.1, -0.05) is 123 Å². The van der Waals surface area contributed by atoms with Crippen LogP contribution in [0.3, 0.4) is 0 Å². The molecule has 0 N–H and O–H groups in total. The Balaban J connectivity index is 1.12. The summed E-state index contributed by atoms with van der Waals surface area (Å²) in [6, 6.07) is 65.7. The molecule has 0 fully saturated rings. The first kappa shape index (κ1) is 30.8. The fourth-order valence-corrected chi connectivity index (χ4v) is 9.04. The maximum Gasteiger partial charge on any atom is 0.137 e. The Kier molecular flexibility index (Phi) is 6.60. The monoisotopic (exact) mass is 692 g/mol. The molecule has 0 aliphatic heterocycles. The summed E-state index contributed by atoms with van der Waals surface area (Å²) in [6.07, 6.45) is 0. The first-order valence-electron chi connectivity index (χ1n) is 18.7. The number of fused-ring (bicyclic) bond motifs is 10. The van der Waals surface area contributed by atoms with E-state index in [0.29, 0.717) is 0 Å². The van der Waals surface area contributed by atoms with Gasteiger partial charge in [-0.2, -0.15) is 0 Å². The van der Waals surface area contributed by atoms with Crippen LogP contribution in [0.4, 0.5) is 17.1 Å². The summed E-state index contributed by atoms with van der Waals surface area (Å²) >= 11 is 0. The van der Waals surface area contributed by atoms with E-state index in [1.54, 1.807) is 0 Å². The average molecular weight is 693 g/mol. The topological polar surface area (TPSA) is 21.3 Å². The molecule has 54 heavy (non-hydrogen) atoms. The van der Waals surface area contributed by atoms with Gasteiger partial charge in [0.05, 0.1) is 11.0 Å². The van der Waals surface area contributed by atoms with E-state index < -0.39 is 0 Å².